The first kappa shape index (κ1) is 32.3. The molecule has 0 unspecified atom stereocenters. The van der Waals surface area contributed by atoms with Crippen LogP contribution in [-0.2, 0) is 57.1 Å². The first-order chi connectivity index (χ1) is 17.4. The van der Waals surface area contributed by atoms with E-state index in [4.69, 9.17) is 45.4 Å². The molecule has 0 aliphatic carbocycles. The maximum absolute atomic E-state index is 12.5. The Morgan fingerprint density at radius 2 is 1.41 bits per heavy atom. The Hall–Kier alpha value is -2.71. The van der Waals surface area contributed by atoms with Crippen LogP contribution in [0.2, 0.25) is 0 Å². The highest BCUT2D eigenvalue weighted by Gasteiger charge is 2.53. The van der Waals surface area contributed by atoms with Gasteiger partial charge in [-0.3, -0.25) is 24.0 Å². The van der Waals surface area contributed by atoms with Crippen molar-refractivity contribution in [3.63, 3.8) is 0 Å². The molecule has 0 N–H and O–H groups in total. The van der Waals surface area contributed by atoms with Gasteiger partial charge >= 0.3 is 23.9 Å². The number of carbonyl (C=O) groups is 5. The van der Waals surface area contributed by atoms with Crippen molar-refractivity contribution >= 4 is 58.0 Å². The summed E-state index contributed by atoms with van der Waals surface area (Å²) < 4.78 is 38.0. The Balaban J connectivity index is 3.39. The van der Waals surface area contributed by atoms with E-state index < -0.39 is 61.2 Å². The summed E-state index contributed by atoms with van der Waals surface area (Å²) in [5.74, 6) is -3.08. The molecule has 12 nitrogen and oxygen atoms in total. The highest BCUT2D eigenvalue weighted by atomic mass is 32.2. The highest BCUT2D eigenvalue weighted by molar-refractivity contribution is 8.22. The van der Waals surface area contributed by atoms with Crippen LogP contribution in [0.3, 0.4) is 0 Å². The zero-order chi connectivity index (χ0) is 28.1. The maximum Gasteiger partial charge on any atom is 0.303 e. The van der Waals surface area contributed by atoms with Gasteiger partial charge in [-0.1, -0.05) is 18.7 Å². The molecule has 37 heavy (non-hydrogen) atoms. The lowest BCUT2D eigenvalue weighted by Gasteiger charge is -2.43. The maximum atomic E-state index is 12.5. The fourth-order valence-corrected chi connectivity index (χ4v) is 4.15. The molecule has 14 heteroatoms. The molecule has 0 aromatic heterocycles. The highest BCUT2D eigenvalue weighted by Crippen LogP contribution is 2.30. The zero-order valence-corrected chi connectivity index (χ0v) is 23.1. The molecule has 1 rings (SSSR count). The van der Waals surface area contributed by atoms with Gasteiger partial charge in [0.15, 0.2) is 18.0 Å². The minimum atomic E-state index is -1.44. The molecule has 0 saturated carbocycles. The molecule has 0 aromatic carbocycles. The van der Waals surface area contributed by atoms with Gasteiger partial charge in [0.1, 0.15) is 12.7 Å². The predicted octanol–water partition coefficient (Wildman–Crippen LogP) is 2.00. The summed E-state index contributed by atoms with van der Waals surface area (Å²) in [6, 6.07) is 0. The van der Waals surface area contributed by atoms with Crippen molar-refractivity contribution in [2.24, 2.45) is 0 Å². The topological polar surface area (TPSA) is 150 Å². The number of thiocarbonyl (C=S) groups is 1. The molecular weight excluding hydrogens is 532 g/mol. The smallest absolute Gasteiger partial charge is 0.303 e. The van der Waals surface area contributed by atoms with Crippen LogP contribution in [0.5, 0.6) is 0 Å². The molecule has 0 amide bonds. The number of Topliss-reactive ketones (excluding diaryl/α,β-unsaturated/α-hetero) is 1. The number of rotatable bonds is 12. The summed E-state index contributed by atoms with van der Waals surface area (Å²) in [6.07, 6.45) is -5.43. The summed E-state index contributed by atoms with van der Waals surface area (Å²) in [6.45, 7) is 7.91. The Morgan fingerprint density at radius 1 is 0.838 bits per heavy atom. The van der Waals surface area contributed by atoms with Crippen LogP contribution < -0.4 is 0 Å². The summed E-state index contributed by atoms with van der Waals surface area (Å²) in [4.78, 5) is 59.5. The van der Waals surface area contributed by atoms with Gasteiger partial charge in [-0.25, -0.2) is 0 Å². The first-order valence-electron chi connectivity index (χ1n) is 11.4. The van der Waals surface area contributed by atoms with Gasteiger partial charge in [0.05, 0.1) is 12.9 Å². The van der Waals surface area contributed by atoms with Gasteiger partial charge in [0, 0.05) is 45.4 Å². The average Bonchev–Trinajstić information content (AvgIpc) is 2.80. The molecule has 0 aromatic rings. The molecule has 1 aliphatic rings. The number of ketones is 1. The molecule has 1 fully saturated rings. The van der Waals surface area contributed by atoms with E-state index in [2.05, 4.69) is 0 Å². The van der Waals surface area contributed by atoms with E-state index in [1.54, 1.807) is 13.8 Å². The lowest BCUT2D eigenvalue weighted by atomic mass is 9.98. The third-order valence-electron chi connectivity index (χ3n) is 4.58. The predicted molar refractivity (Wildman–Crippen MR) is 133 cm³/mol. The van der Waals surface area contributed by atoms with Gasteiger partial charge in [-0.15, -0.1) is 0 Å². The Labute approximate surface area is 224 Å². The zero-order valence-electron chi connectivity index (χ0n) is 21.5. The van der Waals surface area contributed by atoms with Crippen LogP contribution in [0, 0.1) is 0 Å². The minimum Gasteiger partial charge on any atom is -0.479 e. The quantitative estimate of drug-likeness (QED) is 0.112. The lowest BCUT2D eigenvalue weighted by molar-refractivity contribution is -0.297. The van der Waals surface area contributed by atoms with Crippen molar-refractivity contribution in [2.45, 2.75) is 78.7 Å². The summed E-state index contributed by atoms with van der Waals surface area (Å²) >= 11 is 6.19. The lowest BCUT2D eigenvalue weighted by Crippen LogP contribution is -2.62. The van der Waals surface area contributed by atoms with Crippen LogP contribution in [0.15, 0.2) is 11.8 Å². The van der Waals surface area contributed by atoms with Crippen molar-refractivity contribution in [3.8, 4) is 0 Å². The van der Waals surface area contributed by atoms with E-state index >= 15 is 0 Å². The Kier molecular flexibility index (Phi) is 14.1. The second kappa shape index (κ2) is 16.2. The van der Waals surface area contributed by atoms with E-state index in [0.717, 1.165) is 38.8 Å². The van der Waals surface area contributed by atoms with E-state index in [9.17, 15) is 24.0 Å². The van der Waals surface area contributed by atoms with Gasteiger partial charge in [-0.2, -0.15) is 0 Å². The van der Waals surface area contributed by atoms with Gasteiger partial charge in [0.2, 0.25) is 16.8 Å². The van der Waals surface area contributed by atoms with E-state index in [-0.39, 0.29) is 27.9 Å². The molecule has 0 spiro atoms. The van der Waals surface area contributed by atoms with Gasteiger partial charge in [-0.05, 0) is 19.1 Å². The van der Waals surface area contributed by atoms with E-state index in [1.165, 1.54) is 6.92 Å². The number of hydrogen-bond donors (Lipinski definition) is 0. The number of hydrogen-bond acceptors (Lipinski definition) is 14. The molecule has 1 saturated heterocycles. The fourth-order valence-electron chi connectivity index (χ4n) is 3.15. The first-order valence-corrected chi connectivity index (χ1v) is 12.8. The minimum absolute atomic E-state index is 0.122. The molecule has 208 valence electrons. The van der Waals surface area contributed by atoms with Crippen molar-refractivity contribution in [1.82, 2.24) is 0 Å². The molecule has 1 heterocycles. The summed E-state index contributed by atoms with van der Waals surface area (Å²) in [5.41, 5.74) is 0.224. The van der Waals surface area contributed by atoms with Crippen LogP contribution in [0.1, 0.15) is 48.0 Å². The van der Waals surface area contributed by atoms with Crippen molar-refractivity contribution < 1.29 is 57.1 Å². The molecule has 5 atom stereocenters. The normalized spacial score (nSPS) is 23.3. The largest absolute Gasteiger partial charge is 0.479 e. The van der Waals surface area contributed by atoms with E-state index in [0.29, 0.717) is 6.61 Å². The van der Waals surface area contributed by atoms with Crippen LogP contribution in [-0.4, -0.2) is 83.7 Å². The number of carbonyl (C=O) groups excluding carboxylic acids is 5. The van der Waals surface area contributed by atoms with Crippen molar-refractivity contribution in [3.05, 3.63) is 11.8 Å². The van der Waals surface area contributed by atoms with Gasteiger partial charge < -0.3 is 33.2 Å². The molecule has 0 radical (unpaired) electrons. The SMILES string of the molecule is CCOC(=S)SC/C(=C/O[C@@H]1O[C@H](COC(C)=O)[C@@H](OC(C)=O)[C@H](OC(C)=O)[C@H]1OC(C)=O)C(=O)CC. The fraction of sp³-hybridized carbons (Fsp3) is 0.652. The van der Waals surface area contributed by atoms with Gasteiger partial charge in [0.25, 0.3) is 0 Å². The Bertz CT molecular complexity index is 887. The molecule has 1 aliphatic heterocycles. The number of thioether (sulfide) groups is 1. The second-order valence-electron chi connectivity index (χ2n) is 7.60. The molecule has 0 bridgehead atoms. The third kappa shape index (κ3) is 11.5. The summed E-state index contributed by atoms with van der Waals surface area (Å²) in [5, 5.41) is 0. The monoisotopic (exact) mass is 564 g/mol. The van der Waals surface area contributed by atoms with Crippen LogP contribution in [0.25, 0.3) is 0 Å². The van der Waals surface area contributed by atoms with Crippen molar-refractivity contribution in [2.75, 3.05) is 19.0 Å². The number of esters is 4. The Morgan fingerprint density at radius 3 is 1.92 bits per heavy atom. The third-order valence-corrected chi connectivity index (χ3v) is 5.86. The second-order valence-corrected chi connectivity index (χ2v) is 9.17. The average molecular weight is 565 g/mol. The van der Waals surface area contributed by atoms with E-state index in [1.807, 2.05) is 0 Å². The van der Waals surface area contributed by atoms with Crippen LogP contribution in [0.4, 0.5) is 0 Å². The molecular formula is C23H32O12S2. The van der Waals surface area contributed by atoms with Crippen molar-refractivity contribution in [1.29, 1.82) is 0 Å². The van der Waals surface area contributed by atoms with Crippen LogP contribution >= 0.6 is 24.0 Å². The summed E-state index contributed by atoms with van der Waals surface area (Å²) in [7, 11) is 0. The standard InChI is InChI=1S/C23H32O12S2/c1-7-17(28)16(11-37-23(36)29-8-2)9-31-22-21(34-15(6)27)20(33-14(5)26)19(32-13(4)25)18(35-22)10-30-12(3)24/h9,18-22H,7-8,10-11H2,1-6H3/b16-9-/t18-,19-,20+,21-,22-/m1/s1. The number of ether oxygens (including phenoxy) is 7.